The number of aromatic nitrogens is 1. The molecule has 0 spiro atoms. The third-order valence-electron chi connectivity index (χ3n) is 3.48. The second-order valence-corrected chi connectivity index (χ2v) is 4.64. The number of H-pyrrole nitrogens is 1. The molecule has 0 fully saturated rings. The first-order chi connectivity index (χ1) is 8.70. The quantitative estimate of drug-likeness (QED) is 0.669. The van der Waals surface area contributed by atoms with Gasteiger partial charge in [0.2, 0.25) is 0 Å². The molecule has 90 valence electrons. The van der Waals surface area contributed by atoms with E-state index in [0.717, 1.165) is 28.4 Å². The highest BCUT2D eigenvalue weighted by Gasteiger charge is 2.10. The molecule has 18 heavy (non-hydrogen) atoms. The second-order valence-electron chi connectivity index (χ2n) is 4.64. The molecule has 1 N–H and O–H groups in total. The number of fused-ring (bicyclic) bond motifs is 3. The molecule has 0 aliphatic rings. The van der Waals surface area contributed by atoms with Crippen molar-refractivity contribution in [3.63, 3.8) is 0 Å². The number of benzene rings is 2. The first kappa shape index (κ1) is 11.0. The Morgan fingerprint density at radius 3 is 2.67 bits per heavy atom. The summed E-state index contributed by atoms with van der Waals surface area (Å²) < 4.78 is 0. The number of carbonyl (C=O) groups excluding carboxylic acids is 1. The highest BCUT2D eigenvalue weighted by atomic mass is 16.1. The Kier molecular flexibility index (Phi) is 2.44. The van der Waals surface area contributed by atoms with Crippen LogP contribution in [0, 0.1) is 0 Å². The average molecular weight is 237 g/mol. The minimum atomic E-state index is 0.122. The zero-order valence-corrected chi connectivity index (χ0v) is 10.6. The standard InChI is InChI=1S/C16H15NO/c1-3-11-8-12(10(2)18)9-14-13-6-4-5-7-15(13)17-16(11)14/h4-9,17H,3H2,1-2H3. The van der Waals surface area contributed by atoms with E-state index in [0.29, 0.717) is 0 Å². The molecular formula is C16H15NO. The van der Waals surface area contributed by atoms with Crippen molar-refractivity contribution in [2.75, 3.05) is 0 Å². The highest BCUT2D eigenvalue weighted by Crippen LogP contribution is 2.29. The maximum absolute atomic E-state index is 11.6. The van der Waals surface area contributed by atoms with Gasteiger partial charge in [0.05, 0.1) is 0 Å². The van der Waals surface area contributed by atoms with Gasteiger partial charge >= 0.3 is 0 Å². The lowest BCUT2D eigenvalue weighted by Crippen LogP contribution is -1.94. The van der Waals surface area contributed by atoms with Crippen molar-refractivity contribution in [1.82, 2.24) is 4.98 Å². The van der Waals surface area contributed by atoms with Gasteiger partial charge < -0.3 is 4.98 Å². The lowest BCUT2D eigenvalue weighted by Gasteiger charge is -2.03. The Morgan fingerprint density at radius 1 is 1.17 bits per heavy atom. The van der Waals surface area contributed by atoms with Gasteiger partial charge in [-0.25, -0.2) is 0 Å². The van der Waals surface area contributed by atoms with Gasteiger partial charge in [-0.05, 0) is 37.1 Å². The Morgan fingerprint density at radius 2 is 1.94 bits per heavy atom. The van der Waals surface area contributed by atoms with Crippen molar-refractivity contribution in [2.24, 2.45) is 0 Å². The first-order valence-electron chi connectivity index (χ1n) is 6.25. The Labute approximate surface area is 106 Å². The number of ketones is 1. The molecule has 2 aromatic carbocycles. The predicted molar refractivity (Wildman–Crippen MR) is 75.2 cm³/mol. The molecule has 0 saturated carbocycles. The van der Waals surface area contributed by atoms with E-state index in [2.05, 4.69) is 24.0 Å². The lowest BCUT2D eigenvalue weighted by atomic mass is 10.0. The number of carbonyl (C=O) groups is 1. The van der Waals surface area contributed by atoms with Gasteiger partial charge in [0, 0.05) is 27.4 Å². The molecule has 0 bridgehead atoms. The van der Waals surface area contributed by atoms with E-state index in [1.807, 2.05) is 24.3 Å². The molecule has 0 atom stereocenters. The van der Waals surface area contributed by atoms with E-state index in [-0.39, 0.29) is 5.78 Å². The molecule has 0 unspecified atom stereocenters. The number of rotatable bonds is 2. The van der Waals surface area contributed by atoms with Gasteiger partial charge in [-0.1, -0.05) is 25.1 Å². The Hall–Kier alpha value is -2.09. The summed E-state index contributed by atoms with van der Waals surface area (Å²) in [6, 6.07) is 12.2. The maximum Gasteiger partial charge on any atom is 0.159 e. The van der Waals surface area contributed by atoms with Crippen LogP contribution in [-0.4, -0.2) is 10.8 Å². The van der Waals surface area contributed by atoms with Crippen LogP contribution in [-0.2, 0) is 6.42 Å². The van der Waals surface area contributed by atoms with E-state index >= 15 is 0 Å². The summed E-state index contributed by atoms with van der Waals surface area (Å²) >= 11 is 0. The number of Topliss-reactive ketones (excluding diaryl/α,β-unsaturated/α-hetero) is 1. The number of para-hydroxylation sites is 1. The first-order valence-corrected chi connectivity index (χ1v) is 6.25. The maximum atomic E-state index is 11.6. The molecule has 1 heterocycles. The van der Waals surface area contributed by atoms with E-state index in [4.69, 9.17) is 0 Å². The van der Waals surface area contributed by atoms with Crippen LogP contribution in [0.5, 0.6) is 0 Å². The zero-order valence-electron chi connectivity index (χ0n) is 10.6. The fraction of sp³-hybridized carbons (Fsp3) is 0.188. The third kappa shape index (κ3) is 1.53. The van der Waals surface area contributed by atoms with Gasteiger partial charge in [-0.15, -0.1) is 0 Å². The minimum Gasteiger partial charge on any atom is -0.354 e. The second kappa shape index (κ2) is 3.98. The normalized spacial score (nSPS) is 11.2. The summed E-state index contributed by atoms with van der Waals surface area (Å²) in [4.78, 5) is 15.1. The summed E-state index contributed by atoms with van der Waals surface area (Å²) in [7, 11) is 0. The van der Waals surface area contributed by atoms with Crippen LogP contribution in [0.15, 0.2) is 36.4 Å². The van der Waals surface area contributed by atoms with Crippen molar-refractivity contribution >= 4 is 27.6 Å². The smallest absolute Gasteiger partial charge is 0.159 e. The summed E-state index contributed by atoms with van der Waals surface area (Å²) in [6.45, 7) is 3.74. The molecule has 0 aliphatic heterocycles. The van der Waals surface area contributed by atoms with Crippen molar-refractivity contribution < 1.29 is 4.79 Å². The van der Waals surface area contributed by atoms with Crippen LogP contribution in [0.25, 0.3) is 21.8 Å². The Balaban J connectivity index is 2.48. The Bertz CT molecular complexity index is 752. The molecule has 2 nitrogen and oxygen atoms in total. The van der Waals surface area contributed by atoms with Gasteiger partial charge in [0.1, 0.15) is 0 Å². The molecule has 0 aliphatic carbocycles. The monoisotopic (exact) mass is 237 g/mol. The van der Waals surface area contributed by atoms with Crippen molar-refractivity contribution in [1.29, 1.82) is 0 Å². The highest BCUT2D eigenvalue weighted by molar-refractivity contribution is 6.11. The molecule has 1 aromatic heterocycles. The fourth-order valence-electron chi connectivity index (χ4n) is 2.51. The van der Waals surface area contributed by atoms with Crippen LogP contribution in [0.2, 0.25) is 0 Å². The largest absolute Gasteiger partial charge is 0.354 e. The van der Waals surface area contributed by atoms with E-state index in [1.54, 1.807) is 6.92 Å². The summed E-state index contributed by atoms with van der Waals surface area (Å²) in [5.41, 5.74) is 4.28. The van der Waals surface area contributed by atoms with Crippen molar-refractivity contribution in [2.45, 2.75) is 20.3 Å². The topological polar surface area (TPSA) is 32.9 Å². The number of aromatic amines is 1. The zero-order chi connectivity index (χ0) is 12.7. The van der Waals surface area contributed by atoms with Crippen LogP contribution in [0.4, 0.5) is 0 Å². The number of hydrogen-bond donors (Lipinski definition) is 1. The number of nitrogens with one attached hydrogen (secondary N) is 1. The van der Waals surface area contributed by atoms with Gasteiger partial charge in [-0.3, -0.25) is 4.79 Å². The SMILES string of the molecule is CCc1cc(C(C)=O)cc2c1[nH]c1ccccc12. The van der Waals surface area contributed by atoms with Crippen LogP contribution < -0.4 is 0 Å². The van der Waals surface area contributed by atoms with Gasteiger partial charge in [0.25, 0.3) is 0 Å². The van der Waals surface area contributed by atoms with Crippen LogP contribution >= 0.6 is 0 Å². The molecule has 0 radical (unpaired) electrons. The van der Waals surface area contributed by atoms with Crippen LogP contribution in [0.3, 0.4) is 0 Å². The number of hydrogen-bond acceptors (Lipinski definition) is 1. The van der Waals surface area contributed by atoms with E-state index in [9.17, 15) is 4.79 Å². The number of aryl methyl sites for hydroxylation is 1. The summed E-state index contributed by atoms with van der Waals surface area (Å²) in [6.07, 6.45) is 0.921. The van der Waals surface area contributed by atoms with E-state index in [1.165, 1.54) is 10.9 Å². The van der Waals surface area contributed by atoms with Crippen LogP contribution in [0.1, 0.15) is 29.8 Å². The van der Waals surface area contributed by atoms with Gasteiger partial charge in [-0.2, -0.15) is 0 Å². The molecule has 3 aromatic rings. The molecule has 0 saturated heterocycles. The fourth-order valence-corrected chi connectivity index (χ4v) is 2.51. The van der Waals surface area contributed by atoms with E-state index < -0.39 is 0 Å². The average Bonchev–Trinajstić information content (AvgIpc) is 2.76. The lowest BCUT2D eigenvalue weighted by molar-refractivity contribution is 0.101. The third-order valence-corrected chi connectivity index (χ3v) is 3.48. The summed E-state index contributed by atoms with van der Waals surface area (Å²) in [5.74, 6) is 0.122. The molecule has 3 rings (SSSR count). The van der Waals surface area contributed by atoms with Gasteiger partial charge in [0.15, 0.2) is 5.78 Å². The van der Waals surface area contributed by atoms with Crippen molar-refractivity contribution in [3.05, 3.63) is 47.5 Å². The summed E-state index contributed by atoms with van der Waals surface area (Å²) in [5, 5.41) is 2.33. The molecule has 0 amide bonds. The predicted octanol–water partition coefficient (Wildman–Crippen LogP) is 4.09. The van der Waals surface area contributed by atoms with Crippen molar-refractivity contribution in [3.8, 4) is 0 Å². The molecular weight excluding hydrogens is 222 g/mol. The molecule has 2 heteroatoms. The minimum absolute atomic E-state index is 0.122.